The Labute approximate surface area is 184 Å². The van der Waals surface area contributed by atoms with Gasteiger partial charge in [0.15, 0.2) is 16.6 Å². The van der Waals surface area contributed by atoms with E-state index in [1.54, 1.807) is 30.2 Å². The minimum Gasteiger partial charge on any atom is -0.493 e. The highest BCUT2D eigenvalue weighted by atomic mass is 32.1. The third kappa shape index (κ3) is 4.11. The number of hydrogen-bond donors (Lipinski definition) is 0. The summed E-state index contributed by atoms with van der Waals surface area (Å²) >= 11 is 1.50. The van der Waals surface area contributed by atoms with Crippen LogP contribution in [0, 0.1) is 13.8 Å². The summed E-state index contributed by atoms with van der Waals surface area (Å²) in [4.78, 5) is 19.5. The maximum absolute atomic E-state index is 13.2. The van der Waals surface area contributed by atoms with Gasteiger partial charge in [0, 0.05) is 12.1 Å². The summed E-state index contributed by atoms with van der Waals surface area (Å²) in [6.07, 6.45) is 0. The number of aromatic nitrogens is 2. The lowest BCUT2D eigenvalue weighted by atomic mass is 10.1. The maximum atomic E-state index is 13.2. The average molecular weight is 438 g/mol. The summed E-state index contributed by atoms with van der Waals surface area (Å²) in [5.41, 5.74) is 3.07. The number of aryl methyl sites for hydroxylation is 2. The highest BCUT2D eigenvalue weighted by molar-refractivity contribution is 7.22. The molecule has 0 atom stereocenters. The van der Waals surface area contributed by atoms with Gasteiger partial charge < -0.3 is 14.0 Å². The number of carbonyl (C=O) groups is 1. The molecule has 1 amide bonds. The number of rotatable bonds is 7. The molecule has 0 bridgehead atoms. The van der Waals surface area contributed by atoms with Crippen molar-refractivity contribution in [1.29, 1.82) is 0 Å². The number of anilines is 1. The molecule has 0 saturated carbocycles. The van der Waals surface area contributed by atoms with Crippen molar-refractivity contribution in [3.8, 4) is 11.5 Å². The molecule has 0 fully saturated rings. The third-order valence-electron chi connectivity index (χ3n) is 5.04. The van der Waals surface area contributed by atoms with Gasteiger partial charge in [0.2, 0.25) is 0 Å². The van der Waals surface area contributed by atoms with Crippen LogP contribution in [0.3, 0.4) is 0 Å². The smallest absolute Gasteiger partial charge is 0.260 e. The second kappa shape index (κ2) is 8.77. The van der Waals surface area contributed by atoms with E-state index in [2.05, 4.69) is 10.1 Å². The summed E-state index contributed by atoms with van der Waals surface area (Å²) in [6.45, 7) is 6.46. The molecule has 0 saturated heterocycles. The van der Waals surface area contributed by atoms with Crippen molar-refractivity contribution >= 4 is 32.6 Å². The first-order valence-corrected chi connectivity index (χ1v) is 10.7. The predicted molar refractivity (Wildman–Crippen MR) is 120 cm³/mol. The minimum absolute atomic E-state index is 0.142. The van der Waals surface area contributed by atoms with Gasteiger partial charge in [0.25, 0.3) is 5.91 Å². The van der Waals surface area contributed by atoms with Crippen LogP contribution < -0.4 is 14.4 Å². The molecule has 31 heavy (non-hydrogen) atoms. The van der Waals surface area contributed by atoms with Gasteiger partial charge in [0.05, 0.1) is 28.6 Å². The number of nitrogens with zero attached hydrogens (tertiary/aromatic N) is 3. The first kappa shape index (κ1) is 20.9. The number of para-hydroxylation sites is 1. The Morgan fingerprint density at radius 3 is 2.65 bits per heavy atom. The standard InChI is InChI=1S/C23H23N3O4S/c1-5-26(23-24-18-8-6-7-9-21(18)31-23)22(27)16-10-11-19(20(12-16)28-4)29-13-17-14(2)25-30-15(17)3/h6-12H,5,13H2,1-4H3. The van der Waals surface area contributed by atoms with E-state index in [9.17, 15) is 4.79 Å². The number of hydrogen-bond acceptors (Lipinski definition) is 7. The van der Waals surface area contributed by atoms with Gasteiger partial charge in [-0.05, 0) is 51.1 Å². The van der Waals surface area contributed by atoms with Crippen molar-refractivity contribution in [3.05, 3.63) is 65.0 Å². The number of amides is 1. The fourth-order valence-electron chi connectivity index (χ4n) is 3.27. The van der Waals surface area contributed by atoms with Gasteiger partial charge in [-0.15, -0.1) is 0 Å². The van der Waals surface area contributed by atoms with Crippen LogP contribution >= 0.6 is 11.3 Å². The SMILES string of the molecule is CCN(C(=O)c1ccc(OCc2c(C)noc2C)c(OC)c1)c1nc2ccccc2s1. The molecule has 160 valence electrons. The van der Waals surface area contributed by atoms with E-state index in [4.69, 9.17) is 14.0 Å². The minimum atomic E-state index is -0.142. The van der Waals surface area contributed by atoms with Crippen LogP contribution in [0.4, 0.5) is 5.13 Å². The van der Waals surface area contributed by atoms with Crippen LogP contribution in [0.2, 0.25) is 0 Å². The van der Waals surface area contributed by atoms with E-state index in [0.717, 1.165) is 27.2 Å². The predicted octanol–water partition coefficient (Wildman–Crippen LogP) is 5.16. The monoisotopic (exact) mass is 437 g/mol. The Balaban J connectivity index is 1.57. The first-order chi connectivity index (χ1) is 15.0. The molecule has 2 heterocycles. The lowest BCUT2D eigenvalue weighted by molar-refractivity contribution is 0.0988. The highest BCUT2D eigenvalue weighted by Crippen LogP contribution is 2.32. The van der Waals surface area contributed by atoms with Crippen molar-refractivity contribution in [1.82, 2.24) is 10.1 Å². The van der Waals surface area contributed by atoms with E-state index < -0.39 is 0 Å². The molecular weight excluding hydrogens is 414 g/mol. The number of methoxy groups -OCH3 is 1. The molecule has 0 aliphatic rings. The molecule has 0 aliphatic carbocycles. The van der Waals surface area contributed by atoms with Crippen molar-refractivity contribution < 1.29 is 18.8 Å². The molecule has 2 aromatic carbocycles. The Morgan fingerprint density at radius 2 is 1.97 bits per heavy atom. The summed E-state index contributed by atoms with van der Waals surface area (Å²) in [5.74, 6) is 1.61. The van der Waals surface area contributed by atoms with Crippen molar-refractivity contribution in [2.45, 2.75) is 27.4 Å². The maximum Gasteiger partial charge on any atom is 0.260 e. The summed E-state index contributed by atoms with van der Waals surface area (Å²) in [7, 11) is 1.55. The topological polar surface area (TPSA) is 77.7 Å². The van der Waals surface area contributed by atoms with Crippen LogP contribution in [0.15, 0.2) is 47.0 Å². The zero-order valence-corrected chi connectivity index (χ0v) is 18.7. The van der Waals surface area contributed by atoms with E-state index in [0.29, 0.717) is 35.3 Å². The van der Waals surface area contributed by atoms with Gasteiger partial charge in [0.1, 0.15) is 12.4 Å². The second-order valence-corrected chi connectivity index (χ2v) is 7.98. The summed E-state index contributed by atoms with van der Waals surface area (Å²) in [6, 6.07) is 13.0. The zero-order chi connectivity index (χ0) is 22.0. The normalized spacial score (nSPS) is 11.0. The Hall–Kier alpha value is -3.39. The lowest BCUT2D eigenvalue weighted by Gasteiger charge is -2.19. The van der Waals surface area contributed by atoms with E-state index >= 15 is 0 Å². The van der Waals surface area contributed by atoms with Crippen molar-refractivity contribution in [3.63, 3.8) is 0 Å². The van der Waals surface area contributed by atoms with Gasteiger partial charge in [-0.1, -0.05) is 28.6 Å². The molecule has 8 heteroatoms. The van der Waals surface area contributed by atoms with E-state index in [1.807, 2.05) is 45.0 Å². The molecule has 4 aromatic rings. The third-order valence-corrected chi connectivity index (χ3v) is 6.10. The molecule has 7 nitrogen and oxygen atoms in total. The number of carbonyl (C=O) groups excluding carboxylic acids is 1. The number of fused-ring (bicyclic) bond motifs is 1. The first-order valence-electron chi connectivity index (χ1n) is 9.91. The number of thiazole rings is 1. The molecule has 0 spiro atoms. The van der Waals surface area contributed by atoms with Gasteiger partial charge >= 0.3 is 0 Å². The molecule has 0 radical (unpaired) electrons. The Kier molecular flexibility index (Phi) is 5.90. The molecule has 2 aromatic heterocycles. The second-order valence-electron chi connectivity index (χ2n) is 6.97. The van der Waals surface area contributed by atoms with Crippen molar-refractivity contribution in [2.24, 2.45) is 0 Å². The highest BCUT2D eigenvalue weighted by Gasteiger charge is 2.21. The van der Waals surface area contributed by atoms with Gasteiger partial charge in [-0.3, -0.25) is 9.69 Å². The number of benzene rings is 2. The van der Waals surface area contributed by atoms with Crippen LogP contribution in [-0.4, -0.2) is 29.7 Å². The van der Waals surface area contributed by atoms with E-state index in [-0.39, 0.29) is 5.91 Å². The van der Waals surface area contributed by atoms with Crippen LogP contribution in [0.25, 0.3) is 10.2 Å². The van der Waals surface area contributed by atoms with Gasteiger partial charge in [-0.25, -0.2) is 4.98 Å². The Bertz CT molecular complexity index is 1180. The Morgan fingerprint density at radius 1 is 1.16 bits per heavy atom. The molecule has 0 unspecified atom stereocenters. The van der Waals surface area contributed by atoms with Crippen LogP contribution in [0.1, 0.15) is 34.3 Å². The molecular formula is C23H23N3O4S. The fourth-order valence-corrected chi connectivity index (χ4v) is 4.30. The van der Waals surface area contributed by atoms with Crippen LogP contribution in [0.5, 0.6) is 11.5 Å². The lowest BCUT2D eigenvalue weighted by Crippen LogP contribution is -2.30. The molecule has 4 rings (SSSR count). The van der Waals surface area contributed by atoms with Gasteiger partial charge in [-0.2, -0.15) is 0 Å². The van der Waals surface area contributed by atoms with Crippen LogP contribution in [-0.2, 0) is 6.61 Å². The van der Waals surface area contributed by atoms with E-state index in [1.165, 1.54) is 11.3 Å². The fraction of sp³-hybridized carbons (Fsp3) is 0.261. The largest absolute Gasteiger partial charge is 0.493 e. The number of ether oxygens (including phenoxy) is 2. The summed E-state index contributed by atoms with van der Waals surface area (Å²) in [5, 5.41) is 4.61. The quantitative estimate of drug-likeness (QED) is 0.398. The molecule has 0 N–H and O–H groups in total. The molecule has 0 aliphatic heterocycles. The van der Waals surface area contributed by atoms with Crippen molar-refractivity contribution in [2.75, 3.05) is 18.6 Å². The average Bonchev–Trinajstić information content (AvgIpc) is 3.35. The zero-order valence-electron chi connectivity index (χ0n) is 17.8. The summed E-state index contributed by atoms with van der Waals surface area (Å²) < 4.78 is 17.6.